The minimum atomic E-state index is -0.129. The van der Waals surface area contributed by atoms with Gasteiger partial charge in [-0.05, 0) is 19.8 Å². The molecular weight excluding hydrogens is 190 g/mol. The molecule has 3 heteroatoms. The summed E-state index contributed by atoms with van der Waals surface area (Å²) in [4.78, 5) is 11.8. The van der Waals surface area contributed by atoms with E-state index in [9.17, 15) is 4.79 Å². The molecule has 1 aliphatic heterocycles. The van der Waals surface area contributed by atoms with Gasteiger partial charge in [0.05, 0.1) is 18.1 Å². The lowest BCUT2D eigenvalue weighted by Gasteiger charge is -2.17. The molecule has 1 saturated heterocycles. The van der Waals surface area contributed by atoms with E-state index in [1.54, 1.807) is 0 Å². The molecule has 0 aromatic rings. The van der Waals surface area contributed by atoms with Crippen LogP contribution in [-0.4, -0.2) is 24.7 Å². The second kappa shape index (κ2) is 5.77. The maximum absolute atomic E-state index is 11.8. The molecular formula is C12H19NO2. The van der Waals surface area contributed by atoms with Crippen LogP contribution in [0.1, 0.15) is 33.1 Å². The lowest BCUT2D eigenvalue weighted by Crippen LogP contribution is -2.40. The zero-order valence-electron chi connectivity index (χ0n) is 9.45. The molecule has 1 rings (SSSR count). The van der Waals surface area contributed by atoms with Gasteiger partial charge in [0, 0.05) is 6.61 Å². The minimum Gasteiger partial charge on any atom is -0.378 e. The van der Waals surface area contributed by atoms with Crippen LogP contribution in [0.2, 0.25) is 0 Å². The fourth-order valence-corrected chi connectivity index (χ4v) is 1.84. The molecule has 0 spiro atoms. The Balaban J connectivity index is 2.43. The maximum atomic E-state index is 11.8. The van der Waals surface area contributed by atoms with Gasteiger partial charge in [0.2, 0.25) is 5.91 Å². The van der Waals surface area contributed by atoms with Crippen LogP contribution in [0.5, 0.6) is 0 Å². The predicted molar refractivity (Wildman–Crippen MR) is 59.2 cm³/mol. The number of hydrogen-bond donors (Lipinski definition) is 1. The third-order valence-electron chi connectivity index (χ3n) is 2.81. The van der Waals surface area contributed by atoms with Gasteiger partial charge in [-0.2, -0.15) is 0 Å². The Kier molecular flexibility index (Phi) is 4.64. The number of ether oxygens (including phenoxy) is 1. The fraction of sp³-hybridized carbons (Fsp3) is 0.750. The molecule has 1 aliphatic rings. The average Bonchev–Trinajstić information content (AvgIpc) is 2.63. The first-order chi connectivity index (χ1) is 7.19. The Morgan fingerprint density at radius 3 is 2.93 bits per heavy atom. The molecule has 3 atom stereocenters. The van der Waals surface area contributed by atoms with Crippen molar-refractivity contribution in [3.05, 3.63) is 0 Å². The largest absolute Gasteiger partial charge is 0.378 e. The van der Waals surface area contributed by atoms with Crippen LogP contribution in [0.3, 0.4) is 0 Å². The van der Waals surface area contributed by atoms with Crippen LogP contribution in [0.15, 0.2) is 0 Å². The molecule has 1 heterocycles. The summed E-state index contributed by atoms with van der Waals surface area (Å²) in [5.74, 6) is 2.61. The first-order valence-electron chi connectivity index (χ1n) is 5.57. The van der Waals surface area contributed by atoms with E-state index in [-0.39, 0.29) is 24.0 Å². The monoisotopic (exact) mass is 209 g/mol. The number of carbonyl (C=O) groups excluding carboxylic acids is 1. The zero-order chi connectivity index (χ0) is 11.3. The number of carbonyl (C=O) groups is 1. The van der Waals surface area contributed by atoms with E-state index in [0.29, 0.717) is 6.61 Å². The lowest BCUT2D eigenvalue weighted by molar-refractivity contribution is -0.126. The SMILES string of the molecule is C#CC(CCC)NC(=O)C1CCOC1C. The number of nitrogens with one attached hydrogen (secondary N) is 1. The molecule has 15 heavy (non-hydrogen) atoms. The number of amides is 1. The van der Waals surface area contributed by atoms with Crippen LogP contribution in [0.25, 0.3) is 0 Å². The highest BCUT2D eigenvalue weighted by molar-refractivity contribution is 5.80. The molecule has 0 aromatic carbocycles. The Morgan fingerprint density at radius 2 is 2.47 bits per heavy atom. The number of terminal acetylenes is 1. The van der Waals surface area contributed by atoms with Crippen LogP contribution < -0.4 is 5.32 Å². The molecule has 0 radical (unpaired) electrons. The van der Waals surface area contributed by atoms with Crippen molar-refractivity contribution in [2.75, 3.05) is 6.61 Å². The number of rotatable bonds is 4. The van der Waals surface area contributed by atoms with Crippen molar-refractivity contribution in [3.63, 3.8) is 0 Å². The van der Waals surface area contributed by atoms with Crippen molar-refractivity contribution in [2.24, 2.45) is 5.92 Å². The Hall–Kier alpha value is -1.01. The predicted octanol–water partition coefficient (Wildman–Crippen LogP) is 1.33. The quantitative estimate of drug-likeness (QED) is 0.709. The summed E-state index contributed by atoms with van der Waals surface area (Å²) >= 11 is 0. The summed E-state index contributed by atoms with van der Waals surface area (Å²) in [6.07, 6.45) is 7.98. The normalized spacial score (nSPS) is 27.0. The summed E-state index contributed by atoms with van der Waals surface area (Å²) in [6, 6.07) is -0.129. The van der Waals surface area contributed by atoms with Gasteiger partial charge in [-0.3, -0.25) is 4.79 Å². The van der Waals surface area contributed by atoms with Crippen molar-refractivity contribution in [3.8, 4) is 12.3 Å². The third-order valence-corrected chi connectivity index (χ3v) is 2.81. The van der Waals surface area contributed by atoms with Gasteiger partial charge < -0.3 is 10.1 Å². The van der Waals surface area contributed by atoms with Gasteiger partial charge in [-0.25, -0.2) is 0 Å². The van der Waals surface area contributed by atoms with Crippen LogP contribution >= 0.6 is 0 Å². The number of hydrogen-bond acceptors (Lipinski definition) is 2. The fourth-order valence-electron chi connectivity index (χ4n) is 1.84. The minimum absolute atomic E-state index is 0.0186. The zero-order valence-corrected chi connectivity index (χ0v) is 9.45. The van der Waals surface area contributed by atoms with Crippen molar-refractivity contribution in [2.45, 2.75) is 45.3 Å². The van der Waals surface area contributed by atoms with E-state index in [0.717, 1.165) is 19.3 Å². The van der Waals surface area contributed by atoms with Gasteiger partial charge in [0.15, 0.2) is 0 Å². The average molecular weight is 209 g/mol. The molecule has 84 valence electrons. The van der Waals surface area contributed by atoms with E-state index >= 15 is 0 Å². The second-order valence-corrected chi connectivity index (χ2v) is 3.99. The van der Waals surface area contributed by atoms with Crippen molar-refractivity contribution < 1.29 is 9.53 Å². The van der Waals surface area contributed by atoms with Gasteiger partial charge in [-0.1, -0.05) is 19.3 Å². The molecule has 0 bridgehead atoms. The van der Waals surface area contributed by atoms with E-state index in [4.69, 9.17) is 11.2 Å². The molecule has 1 amide bonds. The van der Waals surface area contributed by atoms with E-state index in [2.05, 4.69) is 18.2 Å². The highest BCUT2D eigenvalue weighted by atomic mass is 16.5. The molecule has 0 aliphatic carbocycles. The van der Waals surface area contributed by atoms with Crippen molar-refractivity contribution >= 4 is 5.91 Å². The molecule has 1 fully saturated rings. The first-order valence-corrected chi connectivity index (χ1v) is 5.57. The summed E-state index contributed by atoms with van der Waals surface area (Å²) in [7, 11) is 0. The molecule has 3 unspecified atom stereocenters. The first kappa shape index (κ1) is 12.1. The van der Waals surface area contributed by atoms with Gasteiger partial charge in [0.25, 0.3) is 0 Å². The van der Waals surface area contributed by atoms with E-state index < -0.39 is 0 Å². The van der Waals surface area contributed by atoms with Crippen molar-refractivity contribution in [1.29, 1.82) is 0 Å². The Morgan fingerprint density at radius 1 is 1.73 bits per heavy atom. The Labute approximate surface area is 91.6 Å². The smallest absolute Gasteiger partial charge is 0.226 e. The highest BCUT2D eigenvalue weighted by Crippen LogP contribution is 2.20. The summed E-state index contributed by atoms with van der Waals surface area (Å²) in [6.45, 7) is 4.66. The summed E-state index contributed by atoms with van der Waals surface area (Å²) < 4.78 is 5.35. The lowest BCUT2D eigenvalue weighted by atomic mass is 10.0. The van der Waals surface area contributed by atoms with Crippen LogP contribution in [0, 0.1) is 18.3 Å². The Bertz CT molecular complexity index is 257. The second-order valence-electron chi connectivity index (χ2n) is 3.99. The van der Waals surface area contributed by atoms with E-state index in [1.807, 2.05) is 6.92 Å². The molecule has 1 N–H and O–H groups in total. The van der Waals surface area contributed by atoms with Gasteiger partial charge >= 0.3 is 0 Å². The van der Waals surface area contributed by atoms with E-state index in [1.165, 1.54) is 0 Å². The van der Waals surface area contributed by atoms with Crippen molar-refractivity contribution in [1.82, 2.24) is 5.32 Å². The topological polar surface area (TPSA) is 38.3 Å². The molecule has 0 aromatic heterocycles. The van der Waals surface area contributed by atoms with Crippen LogP contribution in [-0.2, 0) is 9.53 Å². The van der Waals surface area contributed by atoms with Gasteiger partial charge in [-0.15, -0.1) is 6.42 Å². The standard InChI is InChI=1S/C12H19NO2/c1-4-6-10(5-2)13-12(14)11-7-8-15-9(11)3/h2,9-11H,4,6-8H2,1,3H3,(H,13,14). The maximum Gasteiger partial charge on any atom is 0.226 e. The molecule has 3 nitrogen and oxygen atoms in total. The summed E-state index contributed by atoms with van der Waals surface area (Å²) in [5, 5.41) is 2.88. The summed E-state index contributed by atoms with van der Waals surface area (Å²) in [5.41, 5.74) is 0. The highest BCUT2D eigenvalue weighted by Gasteiger charge is 2.31. The molecule has 0 saturated carbocycles. The van der Waals surface area contributed by atoms with Gasteiger partial charge in [0.1, 0.15) is 0 Å². The third kappa shape index (κ3) is 3.24. The van der Waals surface area contributed by atoms with Crippen LogP contribution in [0.4, 0.5) is 0 Å².